The molecule has 2 rings (SSSR count). The van der Waals surface area contributed by atoms with E-state index in [9.17, 15) is 9.59 Å². The molecule has 1 aromatic heterocycles. The van der Waals surface area contributed by atoms with E-state index in [0.29, 0.717) is 11.4 Å². The molecule has 3 N–H and O–H groups in total. The molecule has 0 unspecified atom stereocenters. The molecular formula is C14H14BrN3O2. The van der Waals surface area contributed by atoms with Crippen molar-refractivity contribution in [2.45, 2.75) is 13.5 Å². The summed E-state index contributed by atoms with van der Waals surface area (Å²) in [6.07, 6.45) is 1.45. The number of rotatable bonds is 3. The quantitative estimate of drug-likeness (QED) is 0.902. The van der Waals surface area contributed by atoms with Gasteiger partial charge >= 0.3 is 0 Å². The van der Waals surface area contributed by atoms with Crippen LogP contribution in [0.1, 0.15) is 5.56 Å². The number of carbonyl (C=O) groups excluding carboxylic acids is 1. The molecule has 0 saturated carbocycles. The second kappa shape index (κ2) is 5.92. The average Bonchev–Trinajstić information content (AvgIpc) is 2.38. The van der Waals surface area contributed by atoms with Crippen LogP contribution in [-0.4, -0.2) is 10.5 Å². The topological polar surface area (TPSA) is 77.1 Å². The number of aryl methyl sites for hydroxylation is 1. The Balaban J connectivity index is 2.15. The molecule has 20 heavy (non-hydrogen) atoms. The summed E-state index contributed by atoms with van der Waals surface area (Å²) in [4.78, 5) is 23.6. The maximum Gasteiger partial charge on any atom is 0.251 e. The molecule has 0 radical (unpaired) electrons. The summed E-state index contributed by atoms with van der Waals surface area (Å²) < 4.78 is 2.15. The van der Waals surface area contributed by atoms with E-state index in [0.717, 1.165) is 10.0 Å². The molecular weight excluding hydrogens is 322 g/mol. The lowest BCUT2D eigenvalue weighted by Crippen LogP contribution is -2.27. The maximum absolute atomic E-state index is 12.0. The second-order valence-electron chi connectivity index (χ2n) is 4.44. The predicted octanol–water partition coefficient (Wildman–Crippen LogP) is 2.14. The van der Waals surface area contributed by atoms with Gasteiger partial charge in [0.25, 0.3) is 5.56 Å². The Hall–Kier alpha value is -2.08. The minimum Gasteiger partial charge on any atom is -0.398 e. The highest BCUT2D eigenvalue weighted by Gasteiger charge is 2.07. The first-order valence-electron chi connectivity index (χ1n) is 5.97. The summed E-state index contributed by atoms with van der Waals surface area (Å²) in [6, 6.07) is 8.46. The van der Waals surface area contributed by atoms with Gasteiger partial charge in [-0.2, -0.15) is 0 Å². The summed E-state index contributed by atoms with van der Waals surface area (Å²) in [7, 11) is 0. The molecule has 104 valence electrons. The number of nitrogen functional groups attached to an aromatic ring is 1. The van der Waals surface area contributed by atoms with E-state index in [1.807, 2.05) is 25.1 Å². The number of benzene rings is 1. The third-order valence-corrected chi connectivity index (χ3v) is 3.29. The van der Waals surface area contributed by atoms with Crippen LogP contribution in [0, 0.1) is 6.92 Å². The average molecular weight is 336 g/mol. The Labute approximate surface area is 124 Å². The van der Waals surface area contributed by atoms with E-state index in [2.05, 4.69) is 21.2 Å². The largest absolute Gasteiger partial charge is 0.398 e. The van der Waals surface area contributed by atoms with Gasteiger partial charge in [-0.05, 0) is 30.7 Å². The van der Waals surface area contributed by atoms with Crippen LogP contribution in [0.15, 0.2) is 45.8 Å². The van der Waals surface area contributed by atoms with Crippen LogP contribution in [-0.2, 0) is 11.3 Å². The van der Waals surface area contributed by atoms with Gasteiger partial charge in [-0.1, -0.05) is 22.0 Å². The Bertz CT molecular complexity index is 710. The Kier molecular flexibility index (Phi) is 4.24. The first-order valence-corrected chi connectivity index (χ1v) is 6.77. The fraction of sp³-hybridized carbons (Fsp3) is 0.143. The first kappa shape index (κ1) is 14.3. The van der Waals surface area contributed by atoms with Gasteiger partial charge in [0.15, 0.2) is 0 Å². The minimum absolute atomic E-state index is 0.0736. The molecule has 1 aromatic carbocycles. The number of hydrogen-bond acceptors (Lipinski definition) is 3. The SMILES string of the molecule is Cc1ccc(Br)cc1NC(=O)Cn1cc(N)ccc1=O. The van der Waals surface area contributed by atoms with Crippen LogP contribution < -0.4 is 16.6 Å². The molecule has 0 aliphatic rings. The summed E-state index contributed by atoms with van der Waals surface area (Å²) in [6.45, 7) is 1.82. The van der Waals surface area contributed by atoms with Crippen LogP contribution in [0.25, 0.3) is 0 Å². The molecule has 1 amide bonds. The fourth-order valence-electron chi connectivity index (χ4n) is 1.75. The number of halogens is 1. The van der Waals surface area contributed by atoms with Crippen molar-refractivity contribution in [1.82, 2.24) is 4.57 Å². The van der Waals surface area contributed by atoms with Gasteiger partial charge in [0, 0.05) is 28.1 Å². The fourth-order valence-corrected chi connectivity index (χ4v) is 2.11. The Morgan fingerprint density at radius 3 is 2.85 bits per heavy atom. The van der Waals surface area contributed by atoms with Crippen molar-refractivity contribution in [2.75, 3.05) is 11.1 Å². The smallest absolute Gasteiger partial charge is 0.251 e. The van der Waals surface area contributed by atoms with Gasteiger partial charge < -0.3 is 15.6 Å². The number of aromatic nitrogens is 1. The number of nitrogens with zero attached hydrogens (tertiary/aromatic N) is 1. The standard InChI is InChI=1S/C14H14BrN3O2/c1-9-2-3-10(15)6-12(9)17-13(19)8-18-7-11(16)4-5-14(18)20/h2-7H,8,16H2,1H3,(H,17,19). The molecule has 0 saturated heterocycles. The molecule has 0 aliphatic heterocycles. The van der Waals surface area contributed by atoms with E-state index in [-0.39, 0.29) is 18.0 Å². The van der Waals surface area contributed by atoms with Crippen LogP contribution in [0.4, 0.5) is 11.4 Å². The van der Waals surface area contributed by atoms with Gasteiger partial charge in [-0.15, -0.1) is 0 Å². The molecule has 0 bridgehead atoms. The summed E-state index contributed by atoms with van der Waals surface area (Å²) in [5, 5.41) is 2.78. The van der Waals surface area contributed by atoms with Crippen molar-refractivity contribution in [1.29, 1.82) is 0 Å². The van der Waals surface area contributed by atoms with Gasteiger partial charge in [0.2, 0.25) is 5.91 Å². The van der Waals surface area contributed by atoms with Crippen LogP contribution in [0.5, 0.6) is 0 Å². The van der Waals surface area contributed by atoms with Crippen molar-refractivity contribution < 1.29 is 4.79 Å². The Morgan fingerprint density at radius 1 is 1.35 bits per heavy atom. The highest BCUT2D eigenvalue weighted by Crippen LogP contribution is 2.20. The van der Waals surface area contributed by atoms with Crippen molar-refractivity contribution in [2.24, 2.45) is 0 Å². The van der Waals surface area contributed by atoms with Crippen LogP contribution >= 0.6 is 15.9 Å². The molecule has 0 fully saturated rings. The molecule has 0 spiro atoms. The van der Waals surface area contributed by atoms with Gasteiger partial charge in [0.05, 0.1) is 0 Å². The second-order valence-corrected chi connectivity index (χ2v) is 5.35. The minimum atomic E-state index is -0.279. The third kappa shape index (κ3) is 3.48. The van der Waals surface area contributed by atoms with Gasteiger partial charge in [-0.3, -0.25) is 9.59 Å². The predicted molar refractivity (Wildman–Crippen MR) is 82.6 cm³/mol. The molecule has 0 aliphatic carbocycles. The van der Waals surface area contributed by atoms with Gasteiger partial charge in [-0.25, -0.2) is 0 Å². The zero-order valence-corrected chi connectivity index (χ0v) is 12.5. The number of carbonyl (C=O) groups is 1. The lowest BCUT2D eigenvalue weighted by Gasteiger charge is -2.10. The van der Waals surface area contributed by atoms with Crippen LogP contribution in [0.2, 0.25) is 0 Å². The molecule has 5 nitrogen and oxygen atoms in total. The van der Waals surface area contributed by atoms with E-state index >= 15 is 0 Å². The number of amides is 1. The molecule has 2 aromatic rings. The number of hydrogen-bond donors (Lipinski definition) is 2. The van der Waals surface area contributed by atoms with E-state index in [1.54, 1.807) is 0 Å². The summed E-state index contributed by atoms with van der Waals surface area (Å²) in [5.41, 5.74) is 7.43. The highest BCUT2D eigenvalue weighted by molar-refractivity contribution is 9.10. The highest BCUT2D eigenvalue weighted by atomic mass is 79.9. The van der Waals surface area contributed by atoms with Crippen LogP contribution in [0.3, 0.4) is 0 Å². The zero-order chi connectivity index (χ0) is 14.7. The van der Waals surface area contributed by atoms with Crippen molar-refractivity contribution >= 4 is 33.2 Å². The Morgan fingerprint density at radius 2 is 2.10 bits per heavy atom. The summed E-state index contributed by atoms with van der Waals surface area (Å²) >= 11 is 3.35. The zero-order valence-electron chi connectivity index (χ0n) is 10.9. The van der Waals surface area contributed by atoms with E-state index in [1.165, 1.54) is 22.9 Å². The molecule has 1 heterocycles. The maximum atomic E-state index is 12.0. The van der Waals surface area contributed by atoms with E-state index < -0.39 is 0 Å². The first-order chi connectivity index (χ1) is 9.45. The summed E-state index contributed by atoms with van der Waals surface area (Å²) in [5.74, 6) is -0.279. The normalized spacial score (nSPS) is 10.3. The number of nitrogens with two attached hydrogens (primary N) is 1. The number of anilines is 2. The lowest BCUT2D eigenvalue weighted by molar-refractivity contribution is -0.116. The van der Waals surface area contributed by atoms with Crippen molar-refractivity contribution in [3.8, 4) is 0 Å². The number of pyridine rings is 1. The number of nitrogens with one attached hydrogen (secondary N) is 1. The molecule has 6 heteroatoms. The van der Waals surface area contributed by atoms with E-state index in [4.69, 9.17) is 5.73 Å². The third-order valence-electron chi connectivity index (χ3n) is 2.79. The molecule has 0 atom stereocenters. The van der Waals surface area contributed by atoms with Gasteiger partial charge in [0.1, 0.15) is 6.54 Å². The lowest BCUT2D eigenvalue weighted by atomic mass is 10.2. The monoisotopic (exact) mass is 335 g/mol. The van der Waals surface area contributed by atoms with Crippen molar-refractivity contribution in [3.05, 3.63) is 56.9 Å². The van der Waals surface area contributed by atoms with Crippen molar-refractivity contribution in [3.63, 3.8) is 0 Å².